The highest BCUT2D eigenvalue weighted by Crippen LogP contribution is 1.89. The largest absolute Gasteiger partial charge is 0.315 e. The van der Waals surface area contributed by atoms with Crippen LogP contribution >= 0.6 is 0 Å². The molecular formula is C9H20N3O. The molecule has 0 amide bonds. The van der Waals surface area contributed by atoms with Gasteiger partial charge >= 0.3 is 0 Å². The molecule has 1 saturated heterocycles. The summed E-state index contributed by atoms with van der Waals surface area (Å²) < 4.78 is 0. The molecule has 1 aliphatic heterocycles. The fourth-order valence-corrected chi connectivity index (χ4v) is 1.49. The number of hydrogen-bond donors (Lipinski definition) is 2. The molecule has 0 saturated carbocycles. The Morgan fingerprint density at radius 2 is 2.00 bits per heavy atom. The van der Waals surface area contributed by atoms with Crippen LogP contribution in [0.4, 0.5) is 0 Å². The van der Waals surface area contributed by atoms with Gasteiger partial charge in [0.25, 0.3) is 0 Å². The zero-order valence-corrected chi connectivity index (χ0v) is 8.22. The Kier molecular flexibility index (Phi) is 6.10. The lowest BCUT2D eigenvalue weighted by Gasteiger charge is -2.27. The van der Waals surface area contributed by atoms with Crippen molar-refractivity contribution >= 4 is 0 Å². The van der Waals surface area contributed by atoms with Crippen LogP contribution in [0.3, 0.4) is 0 Å². The van der Waals surface area contributed by atoms with E-state index in [0.29, 0.717) is 0 Å². The van der Waals surface area contributed by atoms with E-state index in [1.807, 2.05) is 0 Å². The van der Waals surface area contributed by atoms with Gasteiger partial charge in [-0.15, -0.1) is 0 Å². The maximum absolute atomic E-state index is 10.1. The standard InChI is InChI=1S/C9H20N3O/c13-9-1-2-10-3-6-12-7-4-11-5-8-12/h10-11H,1-9H2. The zero-order chi connectivity index (χ0) is 9.36. The van der Waals surface area contributed by atoms with Gasteiger partial charge in [0.1, 0.15) is 0 Å². The van der Waals surface area contributed by atoms with Gasteiger partial charge in [-0.05, 0) is 13.0 Å². The highest BCUT2D eigenvalue weighted by Gasteiger charge is 2.07. The van der Waals surface area contributed by atoms with E-state index in [1.165, 1.54) is 0 Å². The molecule has 0 aliphatic carbocycles. The van der Waals surface area contributed by atoms with Gasteiger partial charge in [0.05, 0.1) is 6.61 Å². The predicted octanol–water partition coefficient (Wildman–Crippen LogP) is -0.698. The molecule has 0 aromatic carbocycles. The first-order valence-corrected chi connectivity index (χ1v) is 5.15. The summed E-state index contributed by atoms with van der Waals surface area (Å²) in [6.45, 7) is 7.57. The van der Waals surface area contributed by atoms with Crippen LogP contribution in [0, 0.1) is 0 Å². The summed E-state index contributed by atoms with van der Waals surface area (Å²) in [7, 11) is 0. The first-order chi connectivity index (χ1) is 6.43. The fraction of sp³-hybridized carbons (Fsp3) is 1.00. The van der Waals surface area contributed by atoms with Crippen LogP contribution in [0.1, 0.15) is 6.42 Å². The number of nitrogens with one attached hydrogen (secondary N) is 2. The molecule has 1 aliphatic rings. The van der Waals surface area contributed by atoms with Crippen molar-refractivity contribution in [2.45, 2.75) is 6.42 Å². The topological polar surface area (TPSA) is 47.2 Å². The number of hydrogen-bond acceptors (Lipinski definition) is 3. The first kappa shape index (κ1) is 10.9. The van der Waals surface area contributed by atoms with E-state index < -0.39 is 0 Å². The molecule has 0 bridgehead atoms. The molecule has 1 radical (unpaired) electrons. The Morgan fingerprint density at radius 3 is 2.69 bits per heavy atom. The molecule has 1 rings (SSSR count). The lowest BCUT2D eigenvalue weighted by molar-refractivity contribution is 0.187. The molecule has 0 aromatic heterocycles. The van der Waals surface area contributed by atoms with Crippen molar-refractivity contribution in [3.63, 3.8) is 0 Å². The van der Waals surface area contributed by atoms with Crippen LogP contribution in [0.25, 0.3) is 0 Å². The third kappa shape index (κ3) is 5.21. The summed E-state index contributed by atoms with van der Waals surface area (Å²) in [5.74, 6) is 0. The van der Waals surface area contributed by atoms with Gasteiger partial charge in [-0.1, -0.05) is 0 Å². The second-order valence-electron chi connectivity index (χ2n) is 3.40. The Hall–Kier alpha value is -0.160. The maximum atomic E-state index is 10.1. The number of rotatable bonds is 6. The molecule has 13 heavy (non-hydrogen) atoms. The van der Waals surface area contributed by atoms with Gasteiger partial charge in [0, 0.05) is 39.3 Å². The summed E-state index contributed by atoms with van der Waals surface area (Å²) >= 11 is 0. The van der Waals surface area contributed by atoms with Crippen molar-refractivity contribution in [1.82, 2.24) is 15.5 Å². The van der Waals surface area contributed by atoms with Crippen LogP contribution in [-0.2, 0) is 5.11 Å². The Bertz CT molecular complexity index is 115. The van der Waals surface area contributed by atoms with Gasteiger partial charge < -0.3 is 10.6 Å². The van der Waals surface area contributed by atoms with Crippen molar-refractivity contribution in [3.05, 3.63) is 0 Å². The number of piperazine rings is 1. The zero-order valence-electron chi connectivity index (χ0n) is 8.22. The van der Waals surface area contributed by atoms with Crippen molar-refractivity contribution in [2.75, 3.05) is 52.4 Å². The van der Waals surface area contributed by atoms with Gasteiger partial charge in [0.2, 0.25) is 0 Å². The SMILES string of the molecule is [O]CCCNCCN1CCNCC1. The molecule has 0 aromatic rings. The molecular weight excluding hydrogens is 166 g/mol. The summed E-state index contributed by atoms with van der Waals surface area (Å²) in [5.41, 5.74) is 0. The molecule has 4 nitrogen and oxygen atoms in total. The van der Waals surface area contributed by atoms with Gasteiger partial charge in [-0.25, -0.2) is 5.11 Å². The normalized spacial score (nSPS) is 19.2. The molecule has 2 N–H and O–H groups in total. The second kappa shape index (κ2) is 7.26. The second-order valence-corrected chi connectivity index (χ2v) is 3.40. The summed E-state index contributed by atoms with van der Waals surface area (Å²) in [5, 5.41) is 16.7. The van der Waals surface area contributed by atoms with E-state index in [2.05, 4.69) is 15.5 Å². The average molecular weight is 186 g/mol. The minimum absolute atomic E-state index is 0.0423. The van der Waals surface area contributed by atoms with E-state index in [1.54, 1.807) is 0 Å². The van der Waals surface area contributed by atoms with E-state index in [-0.39, 0.29) is 6.61 Å². The van der Waals surface area contributed by atoms with Crippen molar-refractivity contribution in [2.24, 2.45) is 0 Å². The van der Waals surface area contributed by atoms with Crippen LogP contribution in [-0.4, -0.2) is 57.3 Å². The van der Waals surface area contributed by atoms with Crippen molar-refractivity contribution in [1.29, 1.82) is 0 Å². The van der Waals surface area contributed by atoms with Crippen LogP contribution in [0.15, 0.2) is 0 Å². The van der Waals surface area contributed by atoms with E-state index in [4.69, 9.17) is 0 Å². The highest BCUT2D eigenvalue weighted by molar-refractivity contribution is 4.67. The molecule has 77 valence electrons. The fourth-order valence-electron chi connectivity index (χ4n) is 1.49. The minimum Gasteiger partial charge on any atom is -0.315 e. The Balaban J connectivity index is 1.86. The highest BCUT2D eigenvalue weighted by atomic mass is 16.3. The third-order valence-corrected chi connectivity index (χ3v) is 2.31. The average Bonchev–Trinajstić information content (AvgIpc) is 2.19. The minimum atomic E-state index is 0.0423. The molecule has 0 unspecified atom stereocenters. The summed E-state index contributed by atoms with van der Waals surface area (Å²) in [6.07, 6.45) is 0.752. The molecule has 1 heterocycles. The Morgan fingerprint density at radius 1 is 1.23 bits per heavy atom. The monoisotopic (exact) mass is 186 g/mol. The molecule has 1 fully saturated rings. The molecule has 4 heteroatoms. The lowest BCUT2D eigenvalue weighted by Crippen LogP contribution is -2.45. The van der Waals surface area contributed by atoms with Crippen LogP contribution < -0.4 is 10.6 Å². The van der Waals surface area contributed by atoms with Crippen LogP contribution in [0.5, 0.6) is 0 Å². The lowest BCUT2D eigenvalue weighted by atomic mass is 10.3. The first-order valence-electron chi connectivity index (χ1n) is 5.15. The molecule has 0 atom stereocenters. The third-order valence-electron chi connectivity index (χ3n) is 2.31. The van der Waals surface area contributed by atoms with Gasteiger partial charge in [-0.2, -0.15) is 0 Å². The van der Waals surface area contributed by atoms with E-state index in [9.17, 15) is 5.11 Å². The maximum Gasteiger partial charge on any atom is 0.0834 e. The van der Waals surface area contributed by atoms with Crippen molar-refractivity contribution < 1.29 is 5.11 Å². The van der Waals surface area contributed by atoms with E-state index in [0.717, 1.165) is 52.2 Å². The molecule has 0 spiro atoms. The van der Waals surface area contributed by atoms with Gasteiger partial charge in [0.15, 0.2) is 0 Å². The van der Waals surface area contributed by atoms with Crippen molar-refractivity contribution in [3.8, 4) is 0 Å². The summed E-state index contributed by atoms with van der Waals surface area (Å²) in [4.78, 5) is 2.45. The quantitative estimate of drug-likeness (QED) is 0.539. The Labute approximate surface area is 80.3 Å². The predicted molar refractivity (Wildman–Crippen MR) is 52.3 cm³/mol. The van der Waals surface area contributed by atoms with Gasteiger partial charge in [-0.3, -0.25) is 4.90 Å². The smallest absolute Gasteiger partial charge is 0.0834 e. The summed E-state index contributed by atoms with van der Waals surface area (Å²) in [6, 6.07) is 0. The number of nitrogens with zero attached hydrogens (tertiary/aromatic N) is 1. The van der Waals surface area contributed by atoms with Crippen LogP contribution in [0.2, 0.25) is 0 Å². The van der Waals surface area contributed by atoms with E-state index >= 15 is 0 Å².